The van der Waals surface area contributed by atoms with Crippen molar-refractivity contribution in [2.45, 2.75) is 46.6 Å². The summed E-state index contributed by atoms with van der Waals surface area (Å²) < 4.78 is 11.3. The van der Waals surface area contributed by atoms with Crippen LogP contribution in [0.25, 0.3) is 0 Å². The molecule has 0 aliphatic carbocycles. The molecule has 98 valence electrons. The minimum Gasteiger partial charge on any atom is -0.379 e. The normalized spacial score (nSPS) is 13.3. The van der Waals surface area contributed by atoms with Crippen molar-refractivity contribution in [3.8, 4) is 0 Å². The molecule has 0 amide bonds. The Kier molecular flexibility index (Phi) is 11.3. The van der Waals surface area contributed by atoms with Crippen LogP contribution in [0.4, 0.5) is 0 Å². The lowest BCUT2D eigenvalue weighted by Gasteiger charge is -2.21. The third-order valence-corrected chi connectivity index (χ3v) is 2.54. The maximum absolute atomic E-state index is 5.80. The molecule has 0 aromatic carbocycles. The van der Waals surface area contributed by atoms with E-state index in [2.05, 4.69) is 33.0 Å². The van der Waals surface area contributed by atoms with Crippen LogP contribution in [0.2, 0.25) is 0 Å². The van der Waals surface area contributed by atoms with E-state index >= 15 is 0 Å². The first-order valence-electron chi connectivity index (χ1n) is 6.62. The number of hydrogen-bond acceptors (Lipinski definition) is 3. The fourth-order valence-electron chi connectivity index (χ4n) is 1.38. The van der Waals surface area contributed by atoms with Crippen molar-refractivity contribution in [1.29, 1.82) is 0 Å². The van der Waals surface area contributed by atoms with E-state index in [9.17, 15) is 0 Å². The van der Waals surface area contributed by atoms with E-state index in [4.69, 9.17) is 9.47 Å². The standard InChI is InChI=1S/C13H29NO2/c1-5-7-8-15-9-10-16-13(12(3)4)11-14-6-2/h12-14H,5-11H2,1-4H3. The molecular weight excluding hydrogens is 202 g/mol. The zero-order chi connectivity index (χ0) is 12.2. The molecule has 0 rings (SSSR count). The monoisotopic (exact) mass is 231 g/mol. The molecule has 0 aromatic heterocycles. The molecule has 0 saturated carbocycles. The minimum atomic E-state index is 0.301. The summed E-state index contributed by atoms with van der Waals surface area (Å²) in [5, 5.41) is 3.33. The second-order valence-electron chi connectivity index (χ2n) is 4.43. The highest BCUT2D eigenvalue weighted by molar-refractivity contribution is 4.65. The smallest absolute Gasteiger partial charge is 0.0723 e. The Morgan fingerprint density at radius 1 is 1.06 bits per heavy atom. The Morgan fingerprint density at radius 2 is 1.81 bits per heavy atom. The molecule has 1 atom stereocenters. The van der Waals surface area contributed by atoms with Crippen molar-refractivity contribution in [1.82, 2.24) is 5.32 Å². The zero-order valence-corrected chi connectivity index (χ0v) is 11.4. The van der Waals surface area contributed by atoms with Crippen molar-refractivity contribution >= 4 is 0 Å². The van der Waals surface area contributed by atoms with Crippen LogP contribution in [0.15, 0.2) is 0 Å². The molecule has 1 unspecified atom stereocenters. The molecule has 0 aliphatic heterocycles. The second-order valence-corrected chi connectivity index (χ2v) is 4.43. The van der Waals surface area contributed by atoms with Crippen LogP contribution < -0.4 is 5.32 Å². The first-order chi connectivity index (χ1) is 7.72. The summed E-state index contributed by atoms with van der Waals surface area (Å²) in [6, 6.07) is 0. The maximum atomic E-state index is 5.80. The third-order valence-electron chi connectivity index (χ3n) is 2.54. The average Bonchev–Trinajstić information content (AvgIpc) is 2.26. The molecular formula is C13H29NO2. The first kappa shape index (κ1) is 15.9. The number of ether oxygens (including phenoxy) is 2. The van der Waals surface area contributed by atoms with E-state index in [1.165, 1.54) is 6.42 Å². The number of unbranched alkanes of at least 4 members (excludes halogenated alkanes) is 1. The summed E-state index contributed by atoms with van der Waals surface area (Å²) in [6.07, 6.45) is 2.63. The van der Waals surface area contributed by atoms with Crippen LogP contribution in [0.1, 0.15) is 40.5 Å². The van der Waals surface area contributed by atoms with Gasteiger partial charge in [0.05, 0.1) is 19.3 Å². The van der Waals surface area contributed by atoms with Crippen LogP contribution in [-0.2, 0) is 9.47 Å². The molecule has 0 spiro atoms. The van der Waals surface area contributed by atoms with Crippen molar-refractivity contribution < 1.29 is 9.47 Å². The van der Waals surface area contributed by atoms with E-state index < -0.39 is 0 Å². The molecule has 3 heteroatoms. The topological polar surface area (TPSA) is 30.5 Å². The van der Waals surface area contributed by atoms with Gasteiger partial charge in [0.25, 0.3) is 0 Å². The van der Waals surface area contributed by atoms with Crippen molar-refractivity contribution in [2.75, 3.05) is 32.9 Å². The van der Waals surface area contributed by atoms with Gasteiger partial charge in [0.2, 0.25) is 0 Å². The van der Waals surface area contributed by atoms with Gasteiger partial charge in [-0.25, -0.2) is 0 Å². The number of nitrogens with one attached hydrogen (secondary N) is 1. The van der Waals surface area contributed by atoms with Crippen LogP contribution in [0.5, 0.6) is 0 Å². The van der Waals surface area contributed by atoms with Gasteiger partial charge in [0.15, 0.2) is 0 Å². The molecule has 0 fully saturated rings. The van der Waals surface area contributed by atoms with E-state index in [1.54, 1.807) is 0 Å². The second kappa shape index (κ2) is 11.4. The maximum Gasteiger partial charge on any atom is 0.0723 e. The van der Waals surface area contributed by atoms with E-state index in [0.717, 1.165) is 32.7 Å². The largest absolute Gasteiger partial charge is 0.379 e. The van der Waals surface area contributed by atoms with Crippen molar-refractivity contribution in [3.05, 3.63) is 0 Å². The predicted molar refractivity (Wildman–Crippen MR) is 68.8 cm³/mol. The van der Waals surface area contributed by atoms with Crippen molar-refractivity contribution in [2.24, 2.45) is 5.92 Å². The lowest BCUT2D eigenvalue weighted by atomic mass is 10.1. The summed E-state index contributed by atoms with van der Waals surface area (Å²) in [5.41, 5.74) is 0. The first-order valence-corrected chi connectivity index (χ1v) is 6.62. The molecule has 3 nitrogen and oxygen atoms in total. The van der Waals surface area contributed by atoms with Gasteiger partial charge in [-0.2, -0.15) is 0 Å². The van der Waals surface area contributed by atoms with E-state index in [0.29, 0.717) is 18.6 Å². The van der Waals surface area contributed by atoms with Gasteiger partial charge < -0.3 is 14.8 Å². The van der Waals surface area contributed by atoms with Crippen LogP contribution in [0.3, 0.4) is 0 Å². The summed E-state index contributed by atoms with van der Waals surface area (Å²) in [4.78, 5) is 0. The highest BCUT2D eigenvalue weighted by Gasteiger charge is 2.12. The van der Waals surface area contributed by atoms with Gasteiger partial charge in [-0.05, 0) is 18.9 Å². The number of rotatable bonds is 11. The highest BCUT2D eigenvalue weighted by Crippen LogP contribution is 2.05. The fraction of sp³-hybridized carbons (Fsp3) is 1.00. The van der Waals surface area contributed by atoms with Gasteiger partial charge in [-0.3, -0.25) is 0 Å². The Bertz CT molecular complexity index is 140. The van der Waals surface area contributed by atoms with Gasteiger partial charge in [-0.1, -0.05) is 34.1 Å². The fourth-order valence-corrected chi connectivity index (χ4v) is 1.38. The summed E-state index contributed by atoms with van der Waals surface area (Å²) in [6.45, 7) is 12.9. The Balaban J connectivity index is 3.44. The minimum absolute atomic E-state index is 0.301. The molecule has 0 radical (unpaired) electrons. The van der Waals surface area contributed by atoms with Crippen LogP contribution in [-0.4, -0.2) is 39.0 Å². The Hall–Kier alpha value is -0.120. The van der Waals surface area contributed by atoms with Crippen LogP contribution in [0, 0.1) is 5.92 Å². The van der Waals surface area contributed by atoms with Crippen molar-refractivity contribution in [3.63, 3.8) is 0 Å². The van der Waals surface area contributed by atoms with E-state index in [1.807, 2.05) is 0 Å². The Morgan fingerprint density at radius 3 is 2.38 bits per heavy atom. The van der Waals surface area contributed by atoms with Gasteiger partial charge in [0, 0.05) is 13.2 Å². The van der Waals surface area contributed by atoms with Gasteiger partial charge >= 0.3 is 0 Å². The zero-order valence-electron chi connectivity index (χ0n) is 11.4. The summed E-state index contributed by atoms with van der Waals surface area (Å²) >= 11 is 0. The molecule has 0 saturated heterocycles. The lowest BCUT2D eigenvalue weighted by Crippen LogP contribution is -2.33. The van der Waals surface area contributed by atoms with Crippen LogP contribution >= 0.6 is 0 Å². The van der Waals surface area contributed by atoms with Gasteiger partial charge in [0.1, 0.15) is 0 Å². The molecule has 0 aliphatic rings. The molecule has 1 N–H and O–H groups in total. The SMILES string of the molecule is CCCCOCCOC(CNCC)C(C)C. The Labute approximate surface area is 101 Å². The lowest BCUT2D eigenvalue weighted by molar-refractivity contribution is -0.0141. The third kappa shape index (κ3) is 9.13. The summed E-state index contributed by atoms with van der Waals surface area (Å²) in [5.74, 6) is 0.551. The predicted octanol–water partition coefficient (Wildman–Crippen LogP) is 2.45. The molecule has 16 heavy (non-hydrogen) atoms. The average molecular weight is 231 g/mol. The summed E-state index contributed by atoms with van der Waals surface area (Å²) in [7, 11) is 0. The molecule has 0 aromatic rings. The number of likely N-dealkylation sites (N-methyl/N-ethyl adjacent to an activating group) is 1. The number of hydrogen-bond donors (Lipinski definition) is 1. The quantitative estimate of drug-likeness (QED) is 0.554. The van der Waals surface area contributed by atoms with E-state index in [-0.39, 0.29) is 0 Å². The van der Waals surface area contributed by atoms with Gasteiger partial charge in [-0.15, -0.1) is 0 Å². The molecule has 0 heterocycles. The molecule has 0 bridgehead atoms. The highest BCUT2D eigenvalue weighted by atomic mass is 16.5.